The fourth-order valence-corrected chi connectivity index (χ4v) is 2.58. The van der Waals surface area contributed by atoms with Crippen molar-refractivity contribution < 1.29 is 0 Å². The topological polar surface area (TPSA) is 3.24 Å². The van der Waals surface area contributed by atoms with Crippen molar-refractivity contribution in [3.63, 3.8) is 0 Å². The molecule has 1 nitrogen and oxygen atoms in total. The molecular formula is C13H16BrN. The Morgan fingerprint density at radius 1 is 1.33 bits per heavy atom. The number of hydrogen-bond acceptors (Lipinski definition) is 1. The Labute approximate surface area is 99.9 Å². The maximum absolute atomic E-state index is 4.21. The fraction of sp³-hybridized carbons (Fsp3) is 0.385. The lowest BCUT2D eigenvalue weighted by Crippen LogP contribution is -2.17. The molecule has 2 rings (SSSR count). The van der Waals surface area contributed by atoms with Gasteiger partial charge in [-0.3, -0.25) is 0 Å². The van der Waals surface area contributed by atoms with E-state index in [1.54, 1.807) is 0 Å². The van der Waals surface area contributed by atoms with Crippen LogP contribution in [-0.2, 0) is 0 Å². The summed E-state index contributed by atoms with van der Waals surface area (Å²) in [4.78, 5) is 2.39. The van der Waals surface area contributed by atoms with Crippen LogP contribution < -0.4 is 0 Å². The lowest BCUT2D eigenvalue weighted by atomic mass is 10.1. The SMILES string of the molecule is C=C(c1ccc(Br)cc1C)N1CCCC1. The minimum Gasteiger partial charge on any atom is -0.372 e. The number of likely N-dealkylation sites (tertiary alicyclic amines) is 1. The molecule has 0 aliphatic carbocycles. The lowest BCUT2D eigenvalue weighted by molar-refractivity contribution is 0.494. The molecule has 0 saturated carbocycles. The largest absolute Gasteiger partial charge is 0.372 e. The first-order chi connectivity index (χ1) is 7.18. The van der Waals surface area contributed by atoms with Crippen molar-refractivity contribution >= 4 is 21.6 Å². The third kappa shape index (κ3) is 2.25. The van der Waals surface area contributed by atoms with E-state index in [1.807, 2.05) is 0 Å². The highest BCUT2D eigenvalue weighted by Crippen LogP contribution is 2.26. The van der Waals surface area contributed by atoms with E-state index in [-0.39, 0.29) is 0 Å². The van der Waals surface area contributed by atoms with Gasteiger partial charge < -0.3 is 4.90 Å². The predicted molar refractivity (Wildman–Crippen MR) is 68.7 cm³/mol. The lowest BCUT2D eigenvalue weighted by Gasteiger charge is -2.22. The standard InChI is InChI=1S/C13H16BrN/c1-10-9-12(14)5-6-13(10)11(2)15-7-3-4-8-15/h5-6,9H,2-4,7-8H2,1H3. The number of rotatable bonds is 2. The minimum absolute atomic E-state index is 1.14. The summed E-state index contributed by atoms with van der Waals surface area (Å²) in [5.74, 6) is 0. The second kappa shape index (κ2) is 4.40. The van der Waals surface area contributed by atoms with E-state index in [1.165, 1.54) is 29.7 Å². The van der Waals surface area contributed by atoms with E-state index in [0.717, 1.165) is 17.6 Å². The van der Waals surface area contributed by atoms with Crippen molar-refractivity contribution in [2.75, 3.05) is 13.1 Å². The van der Waals surface area contributed by atoms with Gasteiger partial charge in [-0.05, 0) is 37.5 Å². The summed E-state index contributed by atoms with van der Waals surface area (Å²) in [6.07, 6.45) is 2.60. The van der Waals surface area contributed by atoms with E-state index >= 15 is 0 Å². The van der Waals surface area contributed by atoms with Gasteiger partial charge in [0, 0.05) is 28.8 Å². The molecule has 0 N–H and O–H groups in total. The minimum atomic E-state index is 1.14. The first kappa shape index (κ1) is 10.7. The summed E-state index contributed by atoms with van der Waals surface area (Å²) >= 11 is 3.49. The molecule has 0 atom stereocenters. The summed E-state index contributed by atoms with van der Waals surface area (Å²) in [5, 5.41) is 0. The molecule has 0 unspecified atom stereocenters. The van der Waals surface area contributed by atoms with Crippen LogP contribution in [0.3, 0.4) is 0 Å². The molecule has 0 amide bonds. The van der Waals surface area contributed by atoms with E-state index in [2.05, 4.69) is 52.5 Å². The molecule has 1 fully saturated rings. The Morgan fingerprint density at radius 3 is 2.60 bits per heavy atom. The van der Waals surface area contributed by atoms with Crippen LogP contribution in [0.4, 0.5) is 0 Å². The van der Waals surface area contributed by atoms with Crippen molar-refractivity contribution in [3.05, 3.63) is 40.4 Å². The van der Waals surface area contributed by atoms with Gasteiger partial charge in [0.15, 0.2) is 0 Å². The Hall–Kier alpha value is -0.760. The molecule has 80 valence electrons. The number of halogens is 1. The third-order valence-electron chi connectivity index (χ3n) is 2.99. The van der Waals surface area contributed by atoms with Crippen LogP contribution in [0, 0.1) is 6.92 Å². The second-order valence-corrected chi connectivity index (χ2v) is 5.02. The molecule has 1 aliphatic rings. The van der Waals surface area contributed by atoms with Crippen LogP contribution in [-0.4, -0.2) is 18.0 Å². The first-order valence-electron chi connectivity index (χ1n) is 5.39. The highest BCUT2D eigenvalue weighted by Gasteiger charge is 2.15. The third-order valence-corrected chi connectivity index (χ3v) is 3.48. The molecule has 0 aromatic heterocycles. The van der Waals surface area contributed by atoms with E-state index in [9.17, 15) is 0 Å². The van der Waals surface area contributed by atoms with Gasteiger partial charge in [0.1, 0.15) is 0 Å². The molecule has 1 aromatic rings. The van der Waals surface area contributed by atoms with Crippen molar-refractivity contribution in [3.8, 4) is 0 Å². The summed E-state index contributed by atoms with van der Waals surface area (Å²) in [6, 6.07) is 6.39. The van der Waals surface area contributed by atoms with Gasteiger partial charge >= 0.3 is 0 Å². The maximum atomic E-state index is 4.21. The average Bonchev–Trinajstić information content (AvgIpc) is 2.69. The van der Waals surface area contributed by atoms with Gasteiger partial charge in [0.25, 0.3) is 0 Å². The van der Waals surface area contributed by atoms with Crippen LogP contribution in [0.25, 0.3) is 5.70 Å². The monoisotopic (exact) mass is 265 g/mol. The van der Waals surface area contributed by atoms with Crippen LogP contribution in [0.2, 0.25) is 0 Å². The molecule has 0 bridgehead atoms. The molecule has 1 aromatic carbocycles. The Balaban J connectivity index is 2.24. The molecular weight excluding hydrogens is 250 g/mol. The van der Waals surface area contributed by atoms with E-state index < -0.39 is 0 Å². The fourth-order valence-electron chi connectivity index (χ4n) is 2.11. The molecule has 2 heteroatoms. The maximum Gasteiger partial charge on any atom is 0.0369 e. The Morgan fingerprint density at radius 2 is 2.00 bits per heavy atom. The first-order valence-corrected chi connectivity index (χ1v) is 6.18. The van der Waals surface area contributed by atoms with Gasteiger partial charge in [-0.25, -0.2) is 0 Å². The summed E-state index contributed by atoms with van der Waals surface area (Å²) in [7, 11) is 0. The van der Waals surface area contributed by atoms with E-state index in [0.29, 0.717) is 0 Å². The quantitative estimate of drug-likeness (QED) is 0.786. The van der Waals surface area contributed by atoms with Gasteiger partial charge in [-0.1, -0.05) is 28.6 Å². The number of benzene rings is 1. The normalized spacial score (nSPS) is 15.7. The van der Waals surface area contributed by atoms with Crippen LogP contribution in [0.1, 0.15) is 24.0 Å². The average molecular weight is 266 g/mol. The second-order valence-electron chi connectivity index (χ2n) is 4.10. The highest BCUT2D eigenvalue weighted by atomic mass is 79.9. The Bertz CT molecular complexity index is 378. The smallest absolute Gasteiger partial charge is 0.0369 e. The summed E-state index contributed by atoms with van der Waals surface area (Å²) < 4.78 is 1.14. The van der Waals surface area contributed by atoms with Crippen molar-refractivity contribution in [1.82, 2.24) is 4.90 Å². The highest BCUT2D eigenvalue weighted by molar-refractivity contribution is 9.10. The van der Waals surface area contributed by atoms with E-state index in [4.69, 9.17) is 0 Å². The van der Waals surface area contributed by atoms with Gasteiger partial charge in [0.2, 0.25) is 0 Å². The molecule has 15 heavy (non-hydrogen) atoms. The molecule has 0 spiro atoms. The molecule has 1 aliphatic heterocycles. The number of hydrogen-bond donors (Lipinski definition) is 0. The van der Waals surface area contributed by atoms with Gasteiger partial charge in [0.05, 0.1) is 0 Å². The van der Waals surface area contributed by atoms with Gasteiger partial charge in [-0.15, -0.1) is 0 Å². The van der Waals surface area contributed by atoms with Crippen molar-refractivity contribution in [2.24, 2.45) is 0 Å². The summed E-state index contributed by atoms with van der Waals surface area (Å²) in [6.45, 7) is 8.67. The van der Waals surface area contributed by atoms with Crippen LogP contribution in [0.5, 0.6) is 0 Å². The van der Waals surface area contributed by atoms with Gasteiger partial charge in [-0.2, -0.15) is 0 Å². The Kier molecular flexibility index (Phi) is 3.15. The van der Waals surface area contributed by atoms with Crippen molar-refractivity contribution in [2.45, 2.75) is 19.8 Å². The molecule has 1 heterocycles. The van der Waals surface area contributed by atoms with Crippen LogP contribution >= 0.6 is 15.9 Å². The molecule has 1 saturated heterocycles. The number of aryl methyl sites for hydroxylation is 1. The predicted octanol–water partition coefficient (Wildman–Crippen LogP) is 3.82. The van der Waals surface area contributed by atoms with Crippen LogP contribution in [0.15, 0.2) is 29.3 Å². The zero-order chi connectivity index (χ0) is 10.8. The molecule has 0 radical (unpaired) electrons. The zero-order valence-corrected chi connectivity index (χ0v) is 10.7. The zero-order valence-electron chi connectivity index (χ0n) is 9.09. The summed E-state index contributed by atoms with van der Waals surface area (Å²) in [5.41, 5.74) is 3.75. The van der Waals surface area contributed by atoms with Crippen molar-refractivity contribution in [1.29, 1.82) is 0 Å². The number of nitrogens with zero attached hydrogens (tertiary/aromatic N) is 1.